The number of hydrogen-bond donors (Lipinski definition) is 2. The van der Waals surface area contributed by atoms with Crippen LogP contribution in [0.4, 0.5) is 14.9 Å². The number of nitrogens with one attached hydrogen (secondary N) is 1. The Morgan fingerprint density at radius 2 is 1.69 bits per heavy atom. The molecule has 0 spiro atoms. The van der Waals surface area contributed by atoms with Crippen molar-refractivity contribution in [3.63, 3.8) is 0 Å². The number of nitrogens with zero attached hydrogens (tertiary/aromatic N) is 2. The molecule has 0 aliphatic carbocycles. The van der Waals surface area contributed by atoms with Crippen LogP contribution in [0.15, 0.2) is 58.4 Å². The zero-order valence-electron chi connectivity index (χ0n) is 18.1. The average molecular weight is 547 g/mol. The number of fused-ring (bicyclic) bond motifs is 2. The number of imide groups is 3. The zero-order valence-corrected chi connectivity index (χ0v) is 20.5. The molecule has 5 amide bonds. The lowest BCUT2D eigenvalue weighted by Crippen LogP contribution is -2.41. The number of primary amides is 1. The number of rotatable bonds is 4. The van der Waals surface area contributed by atoms with Gasteiger partial charge in [-0.3, -0.25) is 23.7 Å². The molecular formula is C23H16ClFN4O5S2. The number of carbonyl (C=O) groups excluding carboxylic acids is 4. The topological polar surface area (TPSA) is 132 Å². The quantitative estimate of drug-likeness (QED) is 0.484. The van der Waals surface area contributed by atoms with Crippen molar-refractivity contribution >= 4 is 64.1 Å². The van der Waals surface area contributed by atoms with Gasteiger partial charge in [0.2, 0.25) is 11.8 Å². The van der Waals surface area contributed by atoms with Gasteiger partial charge >= 0.3 is 10.9 Å². The second-order valence-electron chi connectivity index (χ2n) is 8.12. The second kappa shape index (κ2) is 9.19. The molecule has 0 bridgehead atoms. The van der Waals surface area contributed by atoms with Gasteiger partial charge in [-0.15, -0.1) is 0 Å². The van der Waals surface area contributed by atoms with Gasteiger partial charge < -0.3 is 11.1 Å². The van der Waals surface area contributed by atoms with Gasteiger partial charge in [-0.05, 0) is 42.0 Å². The minimum atomic E-state index is -1.19. The van der Waals surface area contributed by atoms with E-state index in [1.165, 1.54) is 28.8 Å². The lowest BCUT2D eigenvalue weighted by atomic mass is 9.83. The minimum Gasteiger partial charge on any atom is -0.351 e. The number of aromatic nitrogens is 1. The highest BCUT2D eigenvalue weighted by atomic mass is 35.5. The molecule has 3 N–H and O–H groups in total. The number of amides is 5. The van der Waals surface area contributed by atoms with Crippen LogP contribution in [0.5, 0.6) is 0 Å². The number of thioether (sulfide) groups is 1. The molecule has 2 aliphatic heterocycles. The maximum atomic E-state index is 13.6. The molecule has 2 aliphatic rings. The maximum absolute atomic E-state index is 13.6. The summed E-state index contributed by atoms with van der Waals surface area (Å²) in [6, 6.07) is 10.6. The van der Waals surface area contributed by atoms with Gasteiger partial charge in [0.15, 0.2) is 0 Å². The number of anilines is 1. The van der Waals surface area contributed by atoms with Crippen LogP contribution in [0.1, 0.15) is 16.4 Å². The first-order valence-corrected chi connectivity index (χ1v) is 12.6. The highest BCUT2D eigenvalue weighted by Gasteiger charge is 2.57. The summed E-state index contributed by atoms with van der Waals surface area (Å²) in [5.74, 6) is -4.41. The summed E-state index contributed by atoms with van der Waals surface area (Å²) in [6.45, 7) is -0.352. The molecule has 3 aromatic rings. The van der Waals surface area contributed by atoms with E-state index in [-0.39, 0.29) is 6.54 Å². The number of halogens is 2. The number of carbonyl (C=O) groups is 4. The van der Waals surface area contributed by atoms with Crippen molar-refractivity contribution in [3.05, 3.63) is 79.5 Å². The Labute approximate surface area is 216 Å². The van der Waals surface area contributed by atoms with Crippen LogP contribution in [-0.2, 0) is 20.9 Å². The maximum Gasteiger partial charge on any atom is 0.328 e. The van der Waals surface area contributed by atoms with Crippen molar-refractivity contribution in [1.29, 1.82) is 0 Å². The second-order valence-corrected chi connectivity index (χ2v) is 10.7. The van der Waals surface area contributed by atoms with Gasteiger partial charge in [-0.1, -0.05) is 46.8 Å². The summed E-state index contributed by atoms with van der Waals surface area (Å²) in [4.78, 5) is 64.1. The van der Waals surface area contributed by atoms with E-state index in [1.54, 1.807) is 24.3 Å². The van der Waals surface area contributed by atoms with Gasteiger partial charge in [-0.2, -0.15) is 4.90 Å². The summed E-state index contributed by atoms with van der Waals surface area (Å²) in [6.07, 6.45) is 0. The molecule has 3 atom stereocenters. The van der Waals surface area contributed by atoms with Crippen LogP contribution in [-0.4, -0.2) is 38.5 Å². The van der Waals surface area contributed by atoms with E-state index in [2.05, 4.69) is 5.32 Å². The van der Waals surface area contributed by atoms with Gasteiger partial charge in [0.1, 0.15) is 17.6 Å². The summed E-state index contributed by atoms with van der Waals surface area (Å²) in [5.41, 5.74) is 6.26. The number of thiazole rings is 1. The molecule has 184 valence electrons. The SMILES string of the molecule is NC(=O)N1C(=O)[C@@H]2[C@H](c3ccc(F)cc3)c3sc(=O)n(CC(=O)Nc4ccc(Cl)cc4)c3S[C@@H]2C1=O. The molecule has 3 heterocycles. The third-order valence-corrected chi connectivity index (χ3v) is 8.78. The van der Waals surface area contributed by atoms with E-state index in [4.69, 9.17) is 17.3 Å². The monoisotopic (exact) mass is 546 g/mol. The number of urea groups is 1. The van der Waals surface area contributed by atoms with E-state index < -0.39 is 51.5 Å². The Morgan fingerprint density at radius 3 is 2.33 bits per heavy atom. The van der Waals surface area contributed by atoms with Crippen molar-refractivity contribution in [2.24, 2.45) is 11.7 Å². The first kappa shape index (κ1) is 24.2. The Kier molecular flexibility index (Phi) is 6.18. The van der Waals surface area contributed by atoms with Crippen LogP contribution in [0.2, 0.25) is 5.02 Å². The van der Waals surface area contributed by atoms with E-state index in [1.807, 2.05) is 0 Å². The lowest BCUT2D eigenvalue weighted by molar-refractivity contribution is -0.135. The van der Waals surface area contributed by atoms with Gasteiger partial charge in [0.05, 0.1) is 10.9 Å². The van der Waals surface area contributed by atoms with Gasteiger partial charge in [0, 0.05) is 21.5 Å². The smallest absolute Gasteiger partial charge is 0.328 e. The molecule has 0 unspecified atom stereocenters. The Hall–Kier alpha value is -3.48. The normalized spacial score (nSPS) is 20.7. The molecule has 5 rings (SSSR count). The molecule has 1 saturated heterocycles. The molecule has 36 heavy (non-hydrogen) atoms. The van der Waals surface area contributed by atoms with E-state index in [9.17, 15) is 28.4 Å². The Balaban J connectivity index is 1.55. The summed E-state index contributed by atoms with van der Waals surface area (Å²) in [5, 5.41) is 2.46. The number of hydrogen-bond acceptors (Lipinski definition) is 7. The predicted molar refractivity (Wildman–Crippen MR) is 131 cm³/mol. The van der Waals surface area contributed by atoms with Gasteiger partial charge in [0.25, 0.3) is 5.91 Å². The van der Waals surface area contributed by atoms with Crippen molar-refractivity contribution in [3.8, 4) is 0 Å². The highest BCUT2D eigenvalue weighted by molar-refractivity contribution is 8.00. The number of benzene rings is 2. The zero-order chi connectivity index (χ0) is 25.7. The summed E-state index contributed by atoms with van der Waals surface area (Å²) >= 11 is 7.64. The Morgan fingerprint density at radius 1 is 1.03 bits per heavy atom. The largest absolute Gasteiger partial charge is 0.351 e. The first-order valence-electron chi connectivity index (χ1n) is 10.5. The summed E-state index contributed by atoms with van der Waals surface area (Å²) < 4.78 is 14.9. The molecule has 13 heteroatoms. The molecule has 0 saturated carbocycles. The predicted octanol–water partition coefficient (Wildman–Crippen LogP) is 3.01. The fraction of sp³-hybridized carbons (Fsp3) is 0.174. The molecule has 1 aromatic heterocycles. The molecular weight excluding hydrogens is 531 g/mol. The van der Waals surface area contributed by atoms with E-state index >= 15 is 0 Å². The van der Waals surface area contributed by atoms with Crippen LogP contribution < -0.4 is 15.9 Å². The van der Waals surface area contributed by atoms with Gasteiger partial charge in [-0.25, -0.2) is 9.18 Å². The van der Waals surface area contributed by atoms with Crippen molar-refractivity contribution in [2.75, 3.05) is 5.32 Å². The van der Waals surface area contributed by atoms with Crippen molar-refractivity contribution in [1.82, 2.24) is 9.47 Å². The van der Waals surface area contributed by atoms with Crippen LogP contribution >= 0.6 is 34.7 Å². The molecule has 0 radical (unpaired) electrons. The standard InChI is InChI=1S/C23H16ClFN4O5S2/c24-11-3-7-13(8-4-11)27-14(30)9-28-21-18(36-23(28)34)15(10-1-5-12(25)6-2-10)16-17(35-21)20(32)29(19(16)31)22(26)33/h1-8,15-17H,9H2,(H2,26,33)(H,27,30)/t15-,16+,17-/m0/s1. The minimum absolute atomic E-state index is 0.333. The van der Waals surface area contributed by atoms with Crippen LogP contribution in [0.25, 0.3) is 0 Å². The van der Waals surface area contributed by atoms with Crippen LogP contribution in [0.3, 0.4) is 0 Å². The summed E-state index contributed by atoms with van der Waals surface area (Å²) in [7, 11) is 0. The number of likely N-dealkylation sites (tertiary alicyclic amines) is 1. The third kappa shape index (κ3) is 4.10. The molecule has 9 nitrogen and oxygen atoms in total. The van der Waals surface area contributed by atoms with Crippen LogP contribution in [0, 0.1) is 11.7 Å². The fourth-order valence-electron chi connectivity index (χ4n) is 4.38. The first-order chi connectivity index (χ1) is 17.2. The number of nitrogens with two attached hydrogens (primary N) is 1. The van der Waals surface area contributed by atoms with E-state index in [0.717, 1.165) is 23.1 Å². The fourth-order valence-corrected chi connectivity index (χ4v) is 7.28. The van der Waals surface area contributed by atoms with Crippen molar-refractivity contribution in [2.45, 2.75) is 22.7 Å². The molecule has 2 aromatic carbocycles. The average Bonchev–Trinajstić information content (AvgIpc) is 3.27. The highest BCUT2D eigenvalue weighted by Crippen LogP contribution is 2.53. The Bertz CT molecular complexity index is 1470. The molecule has 1 fully saturated rings. The van der Waals surface area contributed by atoms with E-state index in [0.29, 0.717) is 31.1 Å². The van der Waals surface area contributed by atoms with Crippen molar-refractivity contribution < 1.29 is 23.6 Å². The lowest BCUT2D eigenvalue weighted by Gasteiger charge is -2.30. The third-order valence-electron chi connectivity index (χ3n) is 5.93.